The Balaban J connectivity index is 1.44. The molecule has 2 aliphatic heterocycles. The molecule has 2 heterocycles. The van der Waals surface area contributed by atoms with E-state index in [0.29, 0.717) is 24.5 Å². The van der Waals surface area contributed by atoms with Gasteiger partial charge >= 0.3 is 0 Å². The molecule has 148 valence electrons. The lowest BCUT2D eigenvalue weighted by Gasteiger charge is -2.25. The molecule has 1 N–H and O–H groups in total. The van der Waals surface area contributed by atoms with Crippen LogP contribution in [0.4, 0.5) is 10.1 Å². The van der Waals surface area contributed by atoms with Crippen molar-refractivity contribution in [2.75, 3.05) is 31.6 Å². The number of benzene rings is 2. The van der Waals surface area contributed by atoms with Crippen molar-refractivity contribution in [3.05, 3.63) is 53.3 Å². The van der Waals surface area contributed by atoms with Gasteiger partial charge in [0.1, 0.15) is 5.82 Å². The number of hydrogen-bond acceptors (Lipinski definition) is 4. The van der Waals surface area contributed by atoms with E-state index in [1.54, 1.807) is 19.1 Å². The number of anilines is 1. The molecule has 1 saturated heterocycles. The number of nitrogens with zero attached hydrogens (tertiary/aromatic N) is 1. The number of ether oxygens (including phenoxy) is 2. The number of carbonyl (C=O) groups excluding carboxylic acids is 1. The van der Waals surface area contributed by atoms with Crippen LogP contribution >= 0.6 is 0 Å². The molecule has 1 atom stereocenters. The highest BCUT2D eigenvalue weighted by Crippen LogP contribution is 2.37. The fourth-order valence-corrected chi connectivity index (χ4v) is 3.84. The minimum Gasteiger partial charge on any atom is -0.490 e. The fraction of sp³-hybridized carbons (Fsp3) is 0.409. The Morgan fingerprint density at radius 1 is 1.14 bits per heavy atom. The third-order valence-corrected chi connectivity index (χ3v) is 5.32. The first-order valence-electron chi connectivity index (χ1n) is 9.80. The van der Waals surface area contributed by atoms with Gasteiger partial charge < -0.3 is 14.8 Å². The van der Waals surface area contributed by atoms with E-state index in [4.69, 9.17) is 9.47 Å². The quantitative estimate of drug-likeness (QED) is 0.863. The lowest BCUT2D eigenvalue weighted by Crippen LogP contribution is -2.33. The summed E-state index contributed by atoms with van der Waals surface area (Å²) in [4.78, 5) is 14.7. The fourth-order valence-electron chi connectivity index (χ4n) is 3.84. The second-order valence-corrected chi connectivity index (χ2v) is 7.40. The number of aryl methyl sites for hydroxylation is 1. The molecule has 4 rings (SSSR count). The van der Waals surface area contributed by atoms with E-state index in [-0.39, 0.29) is 24.3 Å². The Morgan fingerprint density at radius 3 is 2.79 bits per heavy atom. The average molecular weight is 384 g/mol. The molecule has 0 aromatic heterocycles. The van der Waals surface area contributed by atoms with Crippen LogP contribution in [0.3, 0.4) is 0 Å². The molecule has 28 heavy (non-hydrogen) atoms. The molecule has 0 radical (unpaired) electrons. The van der Waals surface area contributed by atoms with Crippen molar-refractivity contribution in [3.63, 3.8) is 0 Å². The molecule has 2 aromatic rings. The molecule has 0 saturated carbocycles. The van der Waals surface area contributed by atoms with E-state index in [0.717, 1.165) is 42.9 Å². The highest BCUT2D eigenvalue weighted by Gasteiger charge is 2.28. The van der Waals surface area contributed by atoms with Crippen LogP contribution in [0.1, 0.15) is 36.4 Å². The molecule has 1 fully saturated rings. The van der Waals surface area contributed by atoms with Crippen molar-refractivity contribution >= 4 is 11.6 Å². The summed E-state index contributed by atoms with van der Waals surface area (Å²) >= 11 is 0. The summed E-state index contributed by atoms with van der Waals surface area (Å²) in [5.74, 6) is 1.11. The lowest BCUT2D eigenvalue weighted by molar-refractivity contribution is -0.117. The number of rotatable bonds is 4. The minimum atomic E-state index is -0.316. The summed E-state index contributed by atoms with van der Waals surface area (Å²) in [7, 11) is 0. The minimum absolute atomic E-state index is 0.135. The van der Waals surface area contributed by atoms with Gasteiger partial charge in [0.15, 0.2) is 11.5 Å². The molecular weight excluding hydrogens is 359 g/mol. The normalized spacial score (nSPS) is 19.3. The topological polar surface area (TPSA) is 50.8 Å². The Labute approximate surface area is 164 Å². The molecule has 0 spiro atoms. The smallest absolute Gasteiger partial charge is 0.238 e. The molecule has 2 aromatic carbocycles. The highest BCUT2D eigenvalue weighted by molar-refractivity contribution is 5.92. The van der Waals surface area contributed by atoms with Gasteiger partial charge in [0.2, 0.25) is 5.91 Å². The zero-order valence-corrected chi connectivity index (χ0v) is 16.0. The summed E-state index contributed by atoms with van der Waals surface area (Å²) in [6.07, 6.45) is 2.90. The average Bonchev–Trinajstić information content (AvgIpc) is 3.00. The highest BCUT2D eigenvalue weighted by atomic mass is 19.1. The first-order chi connectivity index (χ1) is 13.6. The summed E-state index contributed by atoms with van der Waals surface area (Å²) < 4.78 is 25.2. The second-order valence-electron chi connectivity index (χ2n) is 7.40. The standard InChI is InChI=1S/C22H25FN2O3/c1-15-5-7-17(13-18(15)23)24-22(26)14-25-9-2-4-19(25)16-6-8-20-21(12-16)28-11-3-10-27-20/h5-8,12-13,19H,2-4,9-11,14H2,1H3,(H,24,26)/t19-/m0/s1. The van der Waals surface area contributed by atoms with Gasteiger partial charge in [-0.1, -0.05) is 12.1 Å². The second kappa shape index (κ2) is 8.19. The largest absolute Gasteiger partial charge is 0.490 e. The van der Waals surface area contributed by atoms with E-state index in [1.165, 1.54) is 6.07 Å². The third kappa shape index (κ3) is 4.12. The van der Waals surface area contributed by atoms with Gasteiger partial charge in [-0.05, 0) is 61.7 Å². The van der Waals surface area contributed by atoms with Crippen LogP contribution in [0.5, 0.6) is 11.5 Å². The van der Waals surface area contributed by atoms with Gasteiger partial charge in [0, 0.05) is 18.2 Å². The zero-order chi connectivity index (χ0) is 19.5. The van der Waals surface area contributed by atoms with Crippen molar-refractivity contribution < 1.29 is 18.7 Å². The van der Waals surface area contributed by atoms with E-state index in [1.807, 2.05) is 12.1 Å². The summed E-state index contributed by atoms with van der Waals surface area (Å²) in [5.41, 5.74) is 2.18. The Morgan fingerprint density at radius 2 is 1.96 bits per heavy atom. The van der Waals surface area contributed by atoms with Crippen LogP contribution in [-0.2, 0) is 4.79 Å². The number of fused-ring (bicyclic) bond motifs is 1. The summed E-state index contributed by atoms with van der Waals surface area (Å²) in [6.45, 7) is 4.15. The third-order valence-electron chi connectivity index (χ3n) is 5.32. The Kier molecular flexibility index (Phi) is 5.48. The molecule has 6 heteroatoms. The van der Waals surface area contributed by atoms with E-state index < -0.39 is 0 Å². The van der Waals surface area contributed by atoms with Crippen molar-refractivity contribution in [2.24, 2.45) is 0 Å². The molecule has 5 nitrogen and oxygen atoms in total. The van der Waals surface area contributed by atoms with Gasteiger partial charge in [0.05, 0.1) is 19.8 Å². The predicted molar refractivity (Wildman–Crippen MR) is 105 cm³/mol. The van der Waals surface area contributed by atoms with E-state index in [9.17, 15) is 9.18 Å². The van der Waals surface area contributed by atoms with Crippen molar-refractivity contribution in [1.82, 2.24) is 4.90 Å². The van der Waals surface area contributed by atoms with E-state index >= 15 is 0 Å². The van der Waals surface area contributed by atoms with Crippen molar-refractivity contribution in [2.45, 2.75) is 32.2 Å². The maximum atomic E-state index is 13.7. The number of nitrogens with one attached hydrogen (secondary N) is 1. The Bertz CT molecular complexity index is 871. The number of hydrogen-bond donors (Lipinski definition) is 1. The summed E-state index contributed by atoms with van der Waals surface area (Å²) in [5, 5.41) is 2.80. The lowest BCUT2D eigenvalue weighted by atomic mass is 10.0. The molecule has 2 aliphatic rings. The first-order valence-corrected chi connectivity index (χ1v) is 9.80. The van der Waals surface area contributed by atoms with Crippen LogP contribution in [0.15, 0.2) is 36.4 Å². The zero-order valence-electron chi connectivity index (χ0n) is 16.0. The number of amides is 1. The van der Waals surface area contributed by atoms with Gasteiger partial charge in [-0.15, -0.1) is 0 Å². The van der Waals surface area contributed by atoms with Gasteiger partial charge in [-0.25, -0.2) is 4.39 Å². The monoisotopic (exact) mass is 384 g/mol. The SMILES string of the molecule is Cc1ccc(NC(=O)CN2CCC[C@H]2c2ccc3c(c2)OCCCO3)cc1F. The predicted octanol–water partition coefficient (Wildman–Crippen LogP) is 4.07. The number of likely N-dealkylation sites (tertiary alicyclic amines) is 1. The molecule has 1 amide bonds. The molecular formula is C22H25FN2O3. The molecule has 0 aliphatic carbocycles. The van der Waals surface area contributed by atoms with Crippen molar-refractivity contribution in [1.29, 1.82) is 0 Å². The van der Waals surface area contributed by atoms with Crippen molar-refractivity contribution in [3.8, 4) is 11.5 Å². The van der Waals surface area contributed by atoms with Gasteiger partial charge in [0.25, 0.3) is 0 Å². The van der Waals surface area contributed by atoms with Crippen LogP contribution in [0.25, 0.3) is 0 Å². The van der Waals surface area contributed by atoms with E-state index in [2.05, 4.69) is 16.3 Å². The Hall–Kier alpha value is -2.60. The van der Waals surface area contributed by atoms with Crippen LogP contribution in [0, 0.1) is 12.7 Å². The van der Waals surface area contributed by atoms with Gasteiger partial charge in [-0.2, -0.15) is 0 Å². The molecule has 0 unspecified atom stereocenters. The number of halogens is 1. The van der Waals surface area contributed by atoms with Crippen LogP contribution in [-0.4, -0.2) is 37.1 Å². The summed E-state index contributed by atoms with van der Waals surface area (Å²) in [6, 6.07) is 11.0. The van der Waals surface area contributed by atoms with Gasteiger partial charge in [-0.3, -0.25) is 9.69 Å². The van der Waals surface area contributed by atoms with Crippen LogP contribution < -0.4 is 14.8 Å². The van der Waals surface area contributed by atoms with Crippen LogP contribution in [0.2, 0.25) is 0 Å². The number of carbonyl (C=O) groups is 1. The molecule has 0 bridgehead atoms. The first kappa shape index (κ1) is 18.7. The maximum Gasteiger partial charge on any atom is 0.238 e. The maximum absolute atomic E-state index is 13.7.